The monoisotopic (exact) mass is 396 g/mol. The van der Waals surface area contributed by atoms with E-state index in [9.17, 15) is 4.79 Å². The summed E-state index contributed by atoms with van der Waals surface area (Å²) in [7, 11) is 0. The Morgan fingerprint density at radius 3 is 2.59 bits per heavy atom. The van der Waals surface area contributed by atoms with Crippen LogP contribution in [0.2, 0.25) is 0 Å². The van der Waals surface area contributed by atoms with Gasteiger partial charge < -0.3 is 15.8 Å². The Morgan fingerprint density at radius 2 is 1.86 bits per heavy atom. The van der Waals surface area contributed by atoms with Crippen LogP contribution in [0.4, 0.5) is 0 Å². The second-order valence-electron chi connectivity index (χ2n) is 10.6. The van der Waals surface area contributed by atoms with Crippen molar-refractivity contribution in [2.24, 2.45) is 22.5 Å². The van der Waals surface area contributed by atoms with Gasteiger partial charge in [-0.1, -0.05) is 30.3 Å². The summed E-state index contributed by atoms with van der Waals surface area (Å²) in [6, 6.07) is 11.6. The second kappa shape index (κ2) is 7.09. The van der Waals surface area contributed by atoms with Gasteiger partial charge in [-0.25, -0.2) is 0 Å². The molecule has 1 amide bonds. The average molecular weight is 397 g/mol. The van der Waals surface area contributed by atoms with Crippen molar-refractivity contribution in [3.8, 4) is 0 Å². The lowest BCUT2D eigenvalue weighted by atomic mass is 9.63. The van der Waals surface area contributed by atoms with Gasteiger partial charge in [-0.05, 0) is 81.6 Å². The molecule has 4 bridgehead atoms. The maximum atomic E-state index is 13.9. The Labute approximate surface area is 175 Å². The second-order valence-corrected chi connectivity index (χ2v) is 10.6. The molecule has 0 aromatic heterocycles. The van der Waals surface area contributed by atoms with Crippen molar-refractivity contribution >= 4 is 5.91 Å². The van der Waals surface area contributed by atoms with Crippen LogP contribution in [0, 0.1) is 16.7 Å². The van der Waals surface area contributed by atoms with Crippen LogP contribution >= 0.6 is 0 Å². The molecule has 4 atom stereocenters. The van der Waals surface area contributed by atoms with Gasteiger partial charge in [-0.2, -0.15) is 0 Å². The molecular formula is C25H36N2O2. The van der Waals surface area contributed by atoms with Crippen LogP contribution in [0.5, 0.6) is 0 Å². The first kappa shape index (κ1) is 19.6. The zero-order valence-electron chi connectivity index (χ0n) is 17.8. The third-order valence-corrected chi connectivity index (χ3v) is 8.84. The molecule has 4 heteroatoms. The number of amides is 1. The van der Waals surface area contributed by atoms with Gasteiger partial charge in [0.1, 0.15) is 0 Å². The fourth-order valence-electron chi connectivity index (χ4n) is 7.82. The Kier molecular flexibility index (Phi) is 4.78. The lowest BCUT2D eigenvalue weighted by Gasteiger charge is -2.41. The topological polar surface area (TPSA) is 64.3 Å². The molecule has 1 aromatic rings. The van der Waals surface area contributed by atoms with Crippen molar-refractivity contribution < 1.29 is 9.53 Å². The number of rotatable bonds is 6. The van der Waals surface area contributed by atoms with Crippen LogP contribution in [-0.4, -0.2) is 31.2 Å². The van der Waals surface area contributed by atoms with Crippen molar-refractivity contribution in [1.29, 1.82) is 0 Å². The van der Waals surface area contributed by atoms with Crippen molar-refractivity contribution in [3.05, 3.63) is 35.9 Å². The lowest BCUT2D eigenvalue weighted by Crippen LogP contribution is -2.52. The van der Waals surface area contributed by atoms with Gasteiger partial charge in [0.05, 0.1) is 12.0 Å². The van der Waals surface area contributed by atoms with Crippen molar-refractivity contribution in [3.63, 3.8) is 0 Å². The maximum absolute atomic E-state index is 13.9. The molecule has 5 saturated carbocycles. The molecule has 4 unspecified atom stereocenters. The molecule has 29 heavy (non-hydrogen) atoms. The largest absolute Gasteiger partial charge is 0.381 e. The summed E-state index contributed by atoms with van der Waals surface area (Å²) in [4.78, 5) is 13.9. The maximum Gasteiger partial charge on any atom is 0.227 e. The number of hydrogen-bond acceptors (Lipinski definition) is 3. The summed E-state index contributed by atoms with van der Waals surface area (Å²) < 4.78 is 6.05. The molecule has 1 aromatic carbocycles. The van der Waals surface area contributed by atoms with E-state index in [0.717, 1.165) is 64.6 Å². The number of nitrogens with two attached hydrogens (primary N) is 1. The first-order chi connectivity index (χ1) is 14.0. The molecule has 0 aliphatic heterocycles. The lowest BCUT2D eigenvalue weighted by molar-refractivity contribution is -0.140. The summed E-state index contributed by atoms with van der Waals surface area (Å²) in [5, 5.41) is 3.50. The SMILES string of the molecule is CCOCC12CC3CC(c4ccccc4)(C1)CC2(C(=O)NC1CCC(N)CC1)C3. The highest BCUT2D eigenvalue weighted by atomic mass is 16.5. The van der Waals surface area contributed by atoms with E-state index in [0.29, 0.717) is 23.9 Å². The molecule has 5 fully saturated rings. The van der Waals surface area contributed by atoms with Crippen LogP contribution in [0.1, 0.15) is 70.3 Å². The number of carbonyl (C=O) groups excluding carboxylic acids is 1. The van der Waals surface area contributed by atoms with Crippen LogP contribution in [0.3, 0.4) is 0 Å². The zero-order valence-corrected chi connectivity index (χ0v) is 17.8. The number of hydrogen-bond donors (Lipinski definition) is 2. The Hall–Kier alpha value is -1.39. The number of ether oxygens (including phenoxy) is 1. The predicted molar refractivity (Wildman–Crippen MR) is 114 cm³/mol. The van der Waals surface area contributed by atoms with Gasteiger partial charge >= 0.3 is 0 Å². The van der Waals surface area contributed by atoms with Gasteiger partial charge in [-0.15, -0.1) is 0 Å². The van der Waals surface area contributed by atoms with E-state index in [1.54, 1.807) is 0 Å². The highest BCUT2D eigenvalue weighted by molar-refractivity contribution is 5.86. The van der Waals surface area contributed by atoms with Crippen molar-refractivity contribution in [1.82, 2.24) is 5.32 Å². The minimum atomic E-state index is -0.263. The summed E-state index contributed by atoms with van der Waals surface area (Å²) in [5.74, 6) is 0.960. The molecule has 0 saturated heterocycles. The van der Waals surface area contributed by atoms with E-state index in [-0.39, 0.29) is 16.2 Å². The van der Waals surface area contributed by atoms with Crippen LogP contribution in [0.15, 0.2) is 30.3 Å². The third kappa shape index (κ3) is 2.97. The first-order valence-electron chi connectivity index (χ1n) is 11.7. The fraction of sp³-hybridized carbons (Fsp3) is 0.720. The van der Waals surface area contributed by atoms with Crippen LogP contribution < -0.4 is 11.1 Å². The third-order valence-electron chi connectivity index (χ3n) is 8.84. The Balaban J connectivity index is 1.46. The first-order valence-corrected chi connectivity index (χ1v) is 11.7. The summed E-state index contributed by atoms with van der Waals surface area (Å²) >= 11 is 0. The Bertz CT molecular complexity index is 759. The van der Waals surface area contributed by atoms with E-state index in [1.807, 2.05) is 0 Å². The van der Waals surface area contributed by atoms with Gasteiger partial charge in [0.2, 0.25) is 5.91 Å². The van der Waals surface area contributed by atoms with Gasteiger partial charge in [0, 0.05) is 24.1 Å². The molecule has 0 radical (unpaired) electrons. The number of carbonyl (C=O) groups is 1. The molecule has 4 nitrogen and oxygen atoms in total. The summed E-state index contributed by atoms with van der Waals surface area (Å²) in [6.07, 6.45) is 9.63. The highest BCUT2D eigenvalue weighted by Crippen LogP contribution is 2.76. The zero-order chi connectivity index (χ0) is 20.1. The van der Waals surface area contributed by atoms with Crippen molar-refractivity contribution in [2.45, 2.75) is 82.2 Å². The Morgan fingerprint density at radius 1 is 1.10 bits per heavy atom. The molecule has 158 valence electrons. The van der Waals surface area contributed by atoms with Crippen LogP contribution in [0.25, 0.3) is 0 Å². The minimum absolute atomic E-state index is 0.00305. The molecular weight excluding hydrogens is 360 g/mol. The van der Waals surface area contributed by atoms with Crippen LogP contribution in [-0.2, 0) is 14.9 Å². The standard InChI is InChI=1S/C25H36N2O2/c1-2-29-17-24-13-18-12-23(15-24,19-6-4-3-5-7-19)16-25(24,14-18)22(28)27-21-10-8-20(26)9-11-21/h3-7,18,20-21H,2,8-17,26H2,1H3,(H,27,28). The van der Waals surface area contributed by atoms with E-state index in [2.05, 4.69) is 42.6 Å². The fourth-order valence-corrected chi connectivity index (χ4v) is 7.82. The minimum Gasteiger partial charge on any atom is -0.381 e. The number of benzene rings is 1. The summed E-state index contributed by atoms with van der Waals surface area (Å²) in [6.45, 7) is 3.53. The van der Waals surface area contributed by atoms with Crippen molar-refractivity contribution in [2.75, 3.05) is 13.2 Å². The van der Waals surface area contributed by atoms with E-state index in [1.165, 1.54) is 12.0 Å². The average Bonchev–Trinajstić information content (AvgIpc) is 3.08. The summed E-state index contributed by atoms with van der Waals surface area (Å²) in [5.41, 5.74) is 7.40. The van der Waals surface area contributed by atoms with Gasteiger partial charge in [0.25, 0.3) is 0 Å². The van der Waals surface area contributed by atoms with Gasteiger partial charge in [0.15, 0.2) is 0 Å². The molecule has 5 aliphatic rings. The normalized spacial score (nSPS) is 42.9. The highest BCUT2D eigenvalue weighted by Gasteiger charge is 2.74. The van der Waals surface area contributed by atoms with E-state index < -0.39 is 0 Å². The molecule has 0 spiro atoms. The molecule has 6 rings (SSSR count). The quantitative estimate of drug-likeness (QED) is 0.766. The molecule has 3 N–H and O–H groups in total. The molecule has 0 heterocycles. The number of nitrogens with one attached hydrogen (secondary N) is 1. The van der Waals surface area contributed by atoms with E-state index in [4.69, 9.17) is 10.5 Å². The smallest absolute Gasteiger partial charge is 0.227 e. The predicted octanol–water partition coefficient (Wildman–Crippen LogP) is 3.93. The molecule has 5 aliphatic carbocycles. The van der Waals surface area contributed by atoms with E-state index >= 15 is 0 Å². The van der Waals surface area contributed by atoms with Gasteiger partial charge in [-0.3, -0.25) is 4.79 Å².